The first kappa shape index (κ1) is 16.3. The molecule has 1 aromatic carbocycles. The second kappa shape index (κ2) is 6.13. The number of anilines is 1. The molecule has 0 unspecified atom stereocenters. The van der Waals surface area contributed by atoms with Crippen LogP contribution in [0, 0.1) is 0 Å². The monoisotopic (exact) mass is 289 g/mol. The number of primary amides is 1. The first-order valence-corrected chi connectivity index (χ1v) is 6.12. The number of nitrogens with two attached hydrogens (primary N) is 2. The lowest BCUT2D eigenvalue weighted by molar-refractivity contribution is -0.138. The molecule has 0 spiro atoms. The predicted molar refractivity (Wildman–Crippen MR) is 71.0 cm³/mol. The van der Waals surface area contributed by atoms with E-state index in [2.05, 4.69) is 0 Å². The number of rotatable bonds is 5. The van der Waals surface area contributed by atoms with Gasteiger partial charge in [-0.3, -0.25) is 4.79 Å². The molecule has 0 bridgehead atoms. The van der Waals surface area contributed by atoms with E-state index in [0.717, 1.165) is 6.07 Å². The van der Waals surface area contributed by atoms with Crippen molar-refractivity contribution < 1.29 is 18.0 Å². The third-order valence-electron chi connectivity index (χ3n) is 2.90. The van der Waals surface area contributed by atoms with Crippen molar-refractivity contribution in [3.05, 3.63) is 29.3 Å². The molecule has 1 aromatic rings. The lowest BCUT2D eigenvalue weighted by atomic mass is 10.0. The van der Waals surface area contributed by atoms with Gasteiger partial charge in [0.15, 0.2) is 0 Å². The summed E-state index contributed by atoms with van der Waals surface area (Å²) in [6, 6.07) is 3.69. The van der Waals surface area contributed by atoms with Crippen LogP contribution < -0.4 is 16.4 Å². The van der Waals surface area contributed by atoms with E-state index in [9.17, 15) is 18.0 Å². The molecule has 112 valence electrons. The fourth-order valence-corrected chi connectivity index (χ4v) is 1.92. The van der Waals surface area contributed by atoms with Crippen LogP contribution in [0.25, 0.3) is 0 Å². The highest BCUT2D eigenvalue weighted by Gasteiger charge is 2.33. The standard InChI is InChI=1S/C13H18F3N3O/c1-8(2)19(7-12(18)20)10-4-3-9(6-17)11(5-10)13(14,15)16/h3-5,8H,6-7,17H2,1-2H3,(H2,18,20). The fraction of sp³-hybridized carbons (Fsp3) is 0.462. The van der Waals surface area contributed by atoms with Crippen LogP contribution in [-0.2, 0) is 17.5 Å². The molecule has 0 saturated carbocycles. The number of carbonyl (C=O) groups excluding carboxylic acids is 1. The zero-order valence-corrected chi connectivity index (χ0v) is 11.4. The van der Waals surface area contributed by atoms with Gasteiger partial charge in [0.1, 0.15) is 0 Å². The number of amides is 1. The fourth-order valence-electron chi connectivity index (χ4n) is 1.92. The molecule has 1 rings (SSSR count). The molecule has 0 fully saturated rings. The normalized spacial score (nSPS) is 11.8. The van der Waals surface area contributed by atoms with E-state index < -0.39 is 17.6 Å². The van der Waals surface area contributed by atoms with E-state index in [1.807, 2.05) is 0 Å². The van der Waals surface area contributed by atoms with Gasteiger partial charge in [-0.05, 0) is 31.5 Å². The topological polar surface area (TPSA) is 72.3 Å². The van der Waals surface area contributed by atoms with Crippen molar-refractivity contribution in [2.24, 2.45) is 11.5 Å². The number of hydrogen-bond donors (Lipinski definition) is 2. The van der Waals surface area contributed by atoms with Crippen LogP contribution in [0.5, 0.6) is 0 Å². The van der Waals surface area contributed by atoms with Crippen molar-refractivity contribution in [3.63, 3.8) is 0 Å². The van der Waals surface area contributed by atoms with E-state index in [1.54, 1.807) is 13.8 Å². The minimum absolute atomic E-state index is 0.0176. The van der Waals surface area contributed by atoms with Crippen LogP contribution in [-0.4, -0.2) is 18.5 Å². The van der Waals surface area contributed by atoms with Crippen molar-refractivity contribution in [1.82, 2.24) is 0 Å². The van der Waals surface area contributed by atoms with E-state index in [0.29, 0.717) is 5.69 Å². The molecule has 0 radical (unpaired) electrons. The lowest BCUT2D eigenvalue weighted by Crippen LogP contribution is -2.38. The number of carbonyl (C=O) groups is 1. The van der Waals surface area contributed by atoms with Crippen LogP contribution in [0.2, 0.25) is 0 Å². The average molecular weight is 289 g/mol. The molecular weight excluding hydrogens is 271 g/mol. The van der Waals surface area contributed by atoms with Gasteiger partial charge in [-0.15, -0.1) is 0 Å². The molecule has 0 atom stereocenters. The van der Waals surface area contributed by atoms with Crippen LogP contribution in [0.1, 0.15) is 25.0 Å². The Kier molecular flexibility index (Phi) is 4.99. The zero-order chi connectivity index (χ0) is 15.5. The smallest absolute Gasteiger partial charge is 0.368 e. The van der Waals surface area contributed by atoms with E-state index in [-0.39, 0.29) is 24.7 Å². The maximum absolute atomic E-state index is 13.0. The number of nitrogens with zero attached hydrogens (tertiary/aromatic N) is 1. The summed E-state index contributed by atoms with van der Waals surface area (Å²) >= 11 is 0. The molecule has 20 heavy (non-hydrogen) atoms. The molecular formula is C13H18F3N3O. The molecule has 4 nitrogen and oxygen atoms in total. The number of benzene rings is 1. The van der Waals surface area contributed by atoms with Gasteiger partial charge >= 0.3 is 6.18 Å². The Hall–Kier alpha value is -1.76. The number of hydrogen-bond acceptors (Lipinski definition) is 3. The van der Waals surface area contributed by atoms with E-state index in [1.165, 1.54) is 17.0 Å². The Morgan fingerprint density at radius 3 is 2.35 bits per heavy atom. The molecule has 0 aliphatic heterocycles. The molecule has 4 N–H and O–H groups in total. The summed E-state index contributed by atoms with van der Waals surface area (Å²) in [4.78, 5) is 12.5. The summed E-state index contributed by atoms with van der Waals surface area (Å²) < 4.78 is 38.9. The summed E-state index contributed by atoms with van der Waals surface area (Å²) in [5.74, 6) is -0.602. The summed E-state index contributed by atoms with van der Waals surface area (Å²) in [6.45, 7) is 3.20. The minimum Gasteiger partial charge on any atom is -0.368 e. The SMILES string of the molecule is CC(C)N(CC(N)=O)c1ccc(CN)c(C(F)(F)F)c1. The summed E-state index contributed by atoms with van der Waals surface area (Å²) in [7, 11) is 0. The maximum Gasteiger partial charge on any atom is 0.416 e. The molecule has 0 aliphatic rings. The predicted octanol–water partition coefficient (Wildman–Crippen LogP) is 1.86. The maximum atomic E-state index is 13.0. The third-order valence-corrected chi connectivity index (χ3v) is 2.90. The van der Waals surface area contributed by atoms with Gasteiger partial charge in [0.25, 0.3) is 0 Å². The Balaban J connectivity index is 3.27. The summed E-state index contributed by atoms with van der Waals surface area (Å²) in [5, 5.41) is 0. The lowest BCUT2D eigenvalue weighted by Gasteiger charge is -2.28. The van der Waals surface area contributed by atoms with Crippen LogP contribution in [0.3, 0.4) is 0 Å². The molecule has 1 amide bonds. The molecule has 0 saturated heterocycles. The first-order chi connectivity index (χ1) is 9.16. The highest BCUT2D eigenvalue weighted by Crippen LogP contribution is 2.34. The molecule has 0 heterocycles. The van der Waals surface area contributed by atoms with Gasteiger partial charge in [-0.2, -0.15) is 13.2 Å². The summed E-state index contributed by atoms with van der Waals surface area (Å²) in [6.07, 6.45) is -4.49. The zero-order valence-electron chi connectivity index (χ0n) is 11.4. The number of halogens is 3. The Bertz CT molecular complexity index is 486. The summed E-state index contributed by atoms with van der Waals surface area (Å²) in [5.41, 5.74) is 9.98. The minimum atomic E-state index is -4.49. The second-order valence-electron chi connectivity index (χ2n) is 4.73. The Morgan fingerprint density at radius 1 is 1.35 bits per heavy atom. The molecule has 0 aromatic heterocycles. The van der Waals surface area contributed by atoms with Crippen LogP contribution in [0.15, 0.2) is 18.2 Å². The van der Waals surface area contributed by atoms with Gasteiger partial charge in [-0.1, -0.05) is 6.07 Å². The third kappa shape index (κ3) is 3.86. The quantitative estimate of drug-likeness (QED) is 0.869. The Morgan fingerprint density at radius 2 is 1.95 bits per heavy atom. The van der Waals surface area contributed by atoms with Crippen LogP contribution in [0.4, 0.5) is 18.9 Å². The van der Waals surface area contributed by atoms with Crippen molar-refractivity contribution in [1.29, 1.82) is 0 Å². The van der Waals surface area contributed by atoms with Crippen molar-refractivity contribution in [2.45, 2.75) is 32.6 Å². The molecule has 7 heteroatoms. The van der Waals surface area contributed by atoms with Crippen LogP contribution >= 0.6 is 0 Å². The van der Waals surface area contributed by atoms with Crippen molar-refractivity contribution in [3.8, 4) is 0 Å². The van der Waals surface area contributed by atoms with Gasteiger partial charge in [-0.25, -0.2) is 0 Å². The Labute approximate surface area is 115 Å². The van der Waals surface area contributed by atoms with Crippen molar-refractivity contribution >= 4 is 11.6 Å². The number of alkyl halides is 3. The highest BCUT2D eigenvalue weighted by atomic mass is 19.4. The van der Waals surface area contributed by atoms with E-state index >= 15 is 0 Å². The van der Waals surface area contributed by atoms with Gasteiger partial charge in [0.05, 0.1) is 12.1 Å². The highest BCUT2D eigenvalue weighted by molar-refractivity contribution is 5.79. The molecule has 0 aliphatic carbocycles. The largest absolute Gasteiger partial charge is 0.416 e. The average Bonchev–Trinajstić information content (AvgIpc) is 2.33. The van der Waals surface area contributed by atoms with Crippen molar-refractivity contribution in [2.75, 3.05) is 11.4 Å². The van der Waals surface area contributed by atoms with Gasteiger partial charge in [0.2, 0.25) is 5.91 Å². The second-order valence-corrected chi connectivity index (χ2v) is 4.73. The van der Waals surface area contributed by atoms with Gasteiger partial charge in [0, 0.05) is 18.3 Å². The first-order valence-electron chi connectivity index (χ1n) is 6.12. The van der Waals surface area contributed by atoms with Gasteiger partial charge < -0.3 is 16.4 Å². The van der Waals surface area contributed by atoms with E-state index in [4.69, 9.17) is 11.5 Å².